The number of para-hydroxylation sites is 2. The van der Waals surface area contributed by atoms with Gasteiger partial charge in [-0.25, -0.2) is 0 Å². The zero-order chi connectivity index (χ0) is 19.1. The summed E-state index contributed by atoms with van der Waals surface area (Å²) in [5, 5.41) is 5.79. The van der Waals surface area contributed by atoms with Gasteiger partial charge < -0.3 is 10.6 Å². The summed E-state index contributed by atoms with van der Waals surface area (Å²) in [5.41, 5.74) is 1.72. The Bertz CT molecular complexity index is 770. The van der Waals surface area contributed by atoms with Crippen LogP contribution in [0.15, 0.2) is 54.6 Å². The van der Waals surface area contributed by atoms with Crippen molar-refractivity contribution in [3.8, 4) is 0 Å². The number of hydrogen-bond acceptors (Lipinski definition) is 3. The van der Waals surface area contributed by atoms with E-state index in [1.165, 1.54) is 12.8 Å². The van der Waals surface area contributed by atoms with Crippen LogP contribution >= 0.6 is 0 Å². The van der Waals surface area contributed by atoms with Crippen molar-refractivity contribution in [3.05, 3.63) is 60.2 Å². The highest BCUT2D eigenvalue weighted by Crippen LogP contribution is 2.23. The van der Waals surface area contributed by atoms with E-state index in [0.29, 0.717) is 23.8 Å². The lowest BCUT2D eigenvalue weighted by molar-refractivity contribution is -0.117. The van der Waals surface area contributed by atoms with Crippen LogP contribution in [0, 0.1) is 0 Å². The molecule has 1 fully saturated rings. The van der Waals surface area contributed by atoms with Crippen molar-refractivity contribution in [2.24, 2.45) is 0 Å². The molecule has 0 heterocycles. The number of nitrogens with zero attached hydrogens (tertiary/aromatic N) is 1. The molecule has 1 aliphatic rings. The van der Waals surface area contributed by atoms with Gasteiger partial charge in [0.05, 0.1) is 17.8 Å². The van der Waals surface area contributed by atoms with E-state index in [4.69, 9.17) is 0 Å². The summed E-state index contributed by atoms with van der Waals surface area (Å²) in [4.78, 5) is 27.4. The molecule has 0 saturated heterocycles. The first-order chi connectivity index (χ1) is 13.2. The zero-order valence-electron chi connectivity index (χ0n) is 15.8. The summed E-state index contributed by atoms with van der Waals surface area (Å²) in [6.45, 7) is 3.30. The molecular formula is C22H27N3O2. The van der Waals surface area contributed by atoms with Gasteiger partial charge in [-0.1, -0.05) is 50.1 Å². The fourth-order valence-corrected chi connectivity index (χ4v) is 3.65. The number of nitrogens with one attached hydrogen (secondary N) is 2. The molecule has 1 aliphatic carbocycles. The SMILES string of the molecule is CCN(CC(=O)Nc1ccccc1C(=O)Nc1ccccc1)C1CCCC1. The van der Waals surface area contributed by atoms with E-state index >= 15 is 0 Å². The topological polar surface area (TPSA) is 61.4 Å². The second kappa shape index (κ2) is 9.33. The zero-order valence-corrected chi connectivity index (χ0v) is 15.8. The van der Waals surface area contributed by atoms with Gasteiger partial charge >= 0.3 is 0 Å². The van der Waals surface area contributed by atoms with Crippen molar-refractivity contribution in [2.45, 2.75) is 38.6 Å². The number of amides is 2. The van der Waals surface area contributed by atoms with Crippen LogP contribution in [0.4, 0.5) is 11.4 Å². The maximum Gasteiger partial charge on any atom is 0.257 e. The molecular weight excluding hydrogens is 338 g/mol. The third kappa shape index (κ3) is 5.17. The average molecular weight is 365 g/mol. The molecule has 0 radical (unpaired) electrons. The predicted molar refractivity (Wildman–Crippen MR) is 109 cm³/mol. The normalized spacial score (nSPS) is 14.3. The van der Waals surface area contributed by atoms with E-state index in [1.54, 1.807) is 18.2 Å². The highest BCUT2D eigenvalue weighted by molar-refractivity contribution is 6.10. The van der Waals surface area contributed by atoms with Crippen molar-refractivity contribution in [2.75, 3.05) is 23.7 Å². The fourth-order valence-electron chi connectivity index (χ4n) is 3.65. The number of carbonyl (C=O) groups excluding carboxylic acids is 2. The summed E-state index contributed by atoms with van der Waals surface area (Å²) in [6, 6.07) is 16.9. The first-order valence-corrected chi connectivity index (χ1v) is 9.66. The average Bonchev–Trinajstić information content (AvgIpc) is 3.22. The lowest BCUT2D eigenvalue weighted by Crippen LogP contribution is -2.39. The van der Waals surface area contributed by atoms with Gasteiger partial charge in [-0.2, -0.15) is 0 Å². The van der Waals surface area contributed by atoms with Crippen molar-refractivity contribution in [1.82, 2.24) is 4.90 Å². The maximum atomic E-state index is 12.6. The summed E-state index contributed by atoms with van der Waals surface area (Å²) in [6.07, 6.45) is 4.81. The third-order valence-corrected chi connectivity index (χ3v) is 5.07. The molecule has 2 amide bonds. The van der Waals surface area contributed by atoms with Crippen LogP contribution in [0.3, 0.4) is 0 Å². The van der Waals surface area contributed by atoms with Gasteiger partial charge in [-0.05, 0) is 43.7 Å². The van der Waals surface area contributed by atoms with Crippen molar-refractivity contribution in [3.63, 3.8) is 0 Å². The highest BCUT2D eigenvalue weighted by atomic mass is 16.2. The number of anilines is 2. The number of hydrogen-bond donors (Lipinski definition) is 2. The van der Waals surface area contributed by atoms with Crippen LogP contribution in [-0.2, 0) is 4.79 Å². The lowest BCUT2D eigenvalue weighted by atomic mass is 10.1. The monoisotopic (exact) mass is 365 g/mol. The third-order valence-electron chi connectivity index (χ3n) is 5.07. The van der Waals surface area contributed by atoms with Crippen molar-refractivity contribution in [1.29, 1.82) is 0 Å². The minimum Gasteiger partial charge on any atom is -0.324 e. The van der Waals surface area contributed by atoms with Gasteiger partial charge in [-0.15, -0.1) is 0 Å². The smallest absolute Gasteiger partial charge is 0.257 e. The lowest BCUT2D eigenvalue weighted by Gasteiger charge is -2.26. The molecule has 0 bridgehead atoms. The summed E-state index contributed by atoms with van der Waals surface area (Å²) < 4.78 is 0. The molecule has 142 valence electrons. The Morgan fingerprint density at radius 2 is 1.63 bits per heavy atom. The Morgan fingerprint density at radius 1 is 0.963 bits per heavy atom. The quantitative estimate of drug-likeness (QED) is 0.775. The van der Waals surface area contributed by atoms with Crippen LogP contribution in [-0.4, -0.2) is 35.8 Å². The molecule has 0 unspecified atom stereocenters. The molecule has 0 spiro atoms. The Labute approximate surface area is 160 Å². The molecule has 2 N–H and O–H groups in total. The van der Waals surface area contributed by atoms with Gasteiger partial charge in [0.2, 0.25) is 5.91 Å². The van der Waals surface area contributed by atoms with E-state index in [0.717, 1.165) is 25.1 Å². The first kappa shape index (κ1) is 19.1. The number of likely N-dealkylation sites (N-methyl/N-ethyl adjacent to an activating group) is 1. The van der Waals surface area contributed by atoms with Gasteiger partial charge in [0, 0.05) is 11.7 Å². The van der Waals surface area contributed by atoms with Crippen LogP contribution in [0.1, 0.15) is 43.0 Å². The second-order valence-electron chi connectivity index (χ2n) is 6.92. The summed E-state index contributed by atoms with van der Waals surface area (Å²) in [7, 11) is 0. The van der Waals surface area contributed by atoms with Crippen LogP contribution in [0.25, 0.3) is 0 Å². The summed E-state index contributed by atoms with van der Waals surface area (Å²) >= 11 is 0. The van der Waals surface area contributed by atoms with Crippen molar-refractivity contribution < 1.29 is 9.59 Å². The standard InChI is InChI=1S/C22H27N3O2/c1-2-25(18-12-6-7-13-18)16-21(26)24-20-15-9-8-14-19(20)22(27)23-17-10-4-3-5-11-17/h3-5,8-11,14-15,18H,2,6-7,12-13,16H2,1H3,(H,23,27)(H,24,26). The van der Waals surface area contributed by atoms with Gasteiger partial charge in [0.15, 0.2) is 0 Å². The Morgan fingerprint density at radius 3 is 2.33 bits per heavy atom. The second-order valence-corrected chi connectivity index (χ2v) is 6.92. The largest absolute Gasteiger partial charge is 0.324 e. The number of benzene rings is 2. The molecule has 2 aromatic rings. The minimum atomic E-state index is -0.236. The molecule has 2 aromatic carbocycles. The van der Waals surface area contributed by atoms with E-state index in [2.05, 4.69) is 22.5 Å². The molecule has 27 heavy (non-hydrogen) atoms. The van der Waals surface area contributed by atoms with E-state index in [9.17, 15) is 9.59 Å². The number of carbonyl (C=O) groups is 2. The molecule has 5 heteroatoms. The molecule has 5 nitrogen and oxygen atoms in total. The van der Waals surface area contributed by atoms with E-state index in [-0.39, 0.29) is 11.8 Å². The first-order valence-electron chi connectivity index (χ1n) is 9.66. The molecule has 0 aromatic heterocycles. The van der Waals surface area contributed by atoms with Crippen LogP contribution < -0.4 is 10.6 Å². The van der Waals surface area contributed by atoms with Crippen molar-refractivity contribution >= 4 is 23.2 Å². The van der Waals surface area contributed by atoms with Gasteiger partial charge in [-0.3, -0.25) is 14.5 Å². The van der Waals surface area contributed by atoms with Gasteiger partial charge in [0.1, 0.15) is 0 Å². The van der Waals surface area contributed by atoms with E-state index < -0.39 is 0 Å². The molecule has 3 rings (SSSR count). The summed E-state index contributed by atoms with van der Waals surface area (Å²) in [5.74, 6) is -0.316. The van der Waals surface area contributed by atoms with Gasteiger partial charge in [0.25, 0.3) is 5.91 Å². The Balaban J connectivity index is 1.66. The molecule has 0 aliphatic heterocycles. The van der Waals surface area contributed by atoms with Crippen LogP contribution in [0.5, 0.6) is 0 Å². The van der Waals surface area contributed by atoms with E-state index in [1.807, 2.05) is 36.4 Å². The molecule has 1 saturated carbocycles. The highest BCUT2D eigenvalue weighted by Gasteiger charge is 2.23. The number of rotatable bonds is 7. The fraction of sp³-hybridized carbons (Fsp3) is 0.364. The molecule has 0 atom stereocenters. The Kier molecular flexibility index (Phi) is 6.60. The predicted octanol–water partition coefficient (Wildman–Crippen LogP) is 4.14. The van der Waals surface area contributed by atoms with Crippen LogP contribution in [0.2, 0.25) is 0 Å². The maximum absolute atomic E-state index is 12.6. The minimum absolute atomic E-state index is 0.0799. The Hall–Kier alpha value is -2.66.